The molecule has 100 valence electrons. The highest BCUT2D eigenvalue weighted by atomic mass is 16.3. The van der Waals surface area contributed by atoms with Crippen molar-refractivity contribution < 1.29 is 9.90 Å². The Kier molecular flexibility index (Phi) is 5.31. The van der Waals surface area contributed by atoms with Crippen LogP contribution in [0.5, 0.6) is 0 Å². The largest absolute Gasteiger partial charge is 0.389 e. The van der Waals surface area contributed by atoms with Crippen LogP contribution in [-0.4, -0.2) is 36.8 Å². The number of rotatable bonds is 6. The second-order valence-electron chi connectivity index (χ2n) is 5.01. The van der Waals surface area contributed by atoms with Crippen LogP contribution in [0.3, 0.4) is 0 Å². The zero-order valence-electron chi connectivity index (χ0n) is 11.3. The van der Waals surface area contributed by atoms with E-state index in [1.807, 2.05) is 31.3 Å². The Bertz CT molecular complexity index is 397. The van der Waals surface area contributed by atoms with E-state index in [0.29, 0.717) is 5.56 Å². The van der Waals surface area contributed by atoms with Crippen LogP contribution in [0.25, 0.3) is 0 Å². The van der Waals surface area contributed by atoms with Crippen LogP contribution in [0.1, 0.15) is 29.8 Å². The number of nitrogens with one attached hydrogen (secondary N) is 2. The maximum Gasteiger partial charge on any atom is 0.251 e. The second-order valence-corrected chi connectivity index (χ2v) is 5.01. The Hall–Kier alpha value is -1.39. The molecule has 1 aromatic carbocycles. The molecule has 0 spiro atoms. The third-order valence-corrected chi connectivity index (χ3v) is 2.59. The van der Waals surface area contributed by atoms with Crippen molar-refractivity contribution in [3.63, 3.8) is 0 Å². The fourth-order valence-electron chi connectivity index (χ4n) is 1.61. The summed E-state index contributed by atoms with van der Waals surface area (Å²) in [5.74, 6) is -0.135. The Labute approximate surface area is 108 Å². The zero-order valence-corrected chi connectivity index (χ0v) is 11.3. The molecular weight excluding hydrogens is 228 g/mol. The van der Waals surface area contributed by atoms with E-state index >= 15 is 0 Å². The number of likely N-dealkylation sites (N-methyl/N-ethyl adjacent to an activating group) is 1. The monoisotopic (exact) mass is 250 g/mol. The highest BCUT2D eigenvalue weighted by molar-refractivity contribution is 5.95. The maximum atomic E-state index is 12.0. The number of benzene rings is 1. The molecule has 0 aliphatic rings. The predicted molar refractivity (Wildman–Crippen MR) is 72.7 cm³/mol. The summed E-state index contributed by atoms with van der Waals surface area (Å²) in [4.78, 5) is 12.0. The number of aliphatic hydroxyl groups is 1. The highest BCUT2D eigenvalue weighted by Crippen LogP contribution is 2.09. The van der Waals surface area contributed by atoms with Crippen LogP contribution in [-0.2, 0) is 6.42 Å². The van der Waals surface area contributed by atoms with Gasteiger partial charge in [0.05, 0.1) is 5.60 Å². The Balaban J connectivity index is 2.72. The Morgan fingerprint density at radius 1 is 1.33 bits per heavy atom. The lowest BCUT2D eigenvalue weighted by molar-refractivity contribution is 0.0694. The van der Waals surface area contributed by atoms with Gasteiger partial charge in [-0.1, -0.05) is 18.2 Å². The van der Waals surface area contributed by atoms with Crippen LogP contribution < -0.4 is 10.6 Å². The summed E-state index contributed by atoms with van der Waals surface area (Å²) in [5, 5.41) is 15.4. The fourth-order valence-corrected chi connectivity index (χ4v) is 1.61. The summed E-state index contributed by atoms with van der Waals surface area (Å²) in [6.07, 6.45) is 0.808. The van der Waals surface area contributed by atoms with Crippen molar-refractivity contribution in [1.29, 1.82) is 0 Å². The molecule has 0 atom stereocenters. The van der Waals surface area contributed by atoms with Crippen molar-refractivity contribution in [1.82, 2.24) is 10.6 Å². The first-order valence-electron chi connectivity index (χ1n) is 6.17. The van der Waals surface area contributed by atoms with Gasteiger partial charge in [-0.3, -0.25) is 4.79 Å². The van der Waals surface area contributed by atoms with E-state index in [2.05, 4.69) is 10.6 Å². The molecule has 18 heavy (non-hydrogen) atoms. The molecule has 0 aliphatic carbocycles. The van der Waals surface area contributed by atoms with E-state index in [1.165, 1.54) is 0 Å². The van der Waals surface area contributed by atoms with Gasteiger partial charge in [0.15, 0.2) is 0 Å². The summed E-state index contributed by atoms with van der Waals surface area (Å²) >= 11 is 0. The second kappa shape index (κ2) is 6.52. The minimum Gasteiger partial charge on any atom is -0.389 e. The van der Waals surface area contributed by atoms with Gasteiger partial charge in [-0.2, -0.15) is 0 Å². The van der Waals surface area contributed by atoms with E-state index in [0.717, 1.165) is 18.5 Å². The minimum atomic E-state index is -0.893. The molecule has 0 aromatic heterocycles. The van der Waals surface area contributed by atoms with Gasteiger partial charge in [-0.05, 0) is 45.5 Å². The number of carbonyl (C=O) groups excluding carboxylic acids is 1. The van der Waals surface area contributed by atoms with Crippen molar-refractivity contribution in [2.24, 2.45) is 0 Å². The van der Waals surface area contributed by atoms with Gasteiger partial charge in [-0.15, -0.1) is 0 Å². The first-order valence-corrected chi connectivity index (χ1v) is 6.17. The summed E-state index contributed by atoms with van der Waals surface area (Å²) in [7, 11) is 1.89. The molecular formula is C14H22N2O2. The van der Waals surface area contributed by atoms with Crippen molar-refractivity contribution in [2.45, 2.75) is 25.9 Å². The van der Waals surface area contributed by atoms with Crippen molar-refractivity contribution >= 4 is 5.91 Å². The molecule has 4 heteroatoms. The standard InChI is InChI=1S/C14H22N2O2/c1-14(2,18)10-16-13(17)12-7-5-4-6-11(12)8-9-15-3/h4-7,15,18H,8-10H2,1-3H3,(H,16,17). The molecule has 0 unspecified atom stereocenters. The summed E-state index contributed by atoms with van der Waals surface area (Å²) in [6.45, 7) is 4.41. The van der Waals surface area contributed by atoms with Gasteiger partial charge in [0.1, 0.15) is 0 Å². The molecule has 0 saturated heterocycles. The van der Waals surface area contributed by atoms with Crippen molar-refractivity contribution in [3.05, 3.63) is 35.4 Å². The molecule has 0 bridgehead atoms. The number of hydrogen-bond donors (Lipinski definition) is 3. The van der Waals surface area contributed by atoms with Crippen molar-refractivity contribution in [2.75, 3.05) is 20.1 Å². The Morgan fingerprint density at radius 3 is 2.61 bits per heavy atom. The molecule has 0 saturated carbocycles. The first-order chi connectivity index (χ1) is 8.44. The number of hydrogen-bond acceptors (Lipinski definition) is 3. The van der Waals surface area contributed by atoms with Gasteiger partial charge >= 0.3 is 0 Å². The van der Waals surface area contributed by atoms with E-state index in [1.54, 1.807) is 13.8 Å². The maximum absolute atomic E-state index is 12.0. The van der Waals surface area contributed by atoms with Crippen LogP contribution in [0.4, 0.5) is 0 Å². The molecule has 1 rings (SSSR count). The summed E-state index contributed by atoms with van der Waals surface area (Å²) < 4.78 is 0. The lowest BCUT2D eigenvalue weighted by Gasteiger charge is -2.18. The molecule has 0 heterocycles. The zero-order chi connectivity index (χ0) is 13.6. The molecule has 3 N–H and O–H groups in total. The van der Waals surface area contributed by atoms with Gasteiger partial charge in [0, 0.05) is 12.1 Å². The lowest BCUT2D eigenvalue weighted by Crippen LogP contribution is -2.38. The SMILES string of the molecule is CNCCc1ccccc1C(=O)NCC(C)(C)O. The average molecular weight is 250 g/mol. The van der Waals surface area contributed by atoms with E-state index in [4.69, 9.17) is 0 Å². The smallest absolute Gasteiger partial charge is 0.251 e. The summed E-state index contributed by atoms with van der Waals surface area (Å²) in [6, 6.07) is 7.54. The Morgan fingerprint density at radius 2 is 2.00 bits per heavy atom. The average Bonchev–Trinajstić information content (AvgIpc) is 2.33. The number of carbonyl (C=O) groups is 1. The topological polar surface area (TPSA) is 61.4 Å². The fraction of sp³-hybridized carbons (Fsp3) is 0.500. The van der Waals surface area contributed by atoms with Gasteiger partial charge in [0.25, 0.3) is 5.91 Å². The third kappa shape index (κ3) is 4.85. The summed E-state index contributed by atoms with van der Waals surface area (Å²) in [5.41, 5.74) is 0.798. The quantitative estimate of drug-likeness (QED) is 0.704. The molecule has 1 aromatic rings. The van der Waals surface area contributed by atoms with Crippen LogP contribution in [0.15, 0.2) is 24.3 Å². The first kappa shape index (κ1) is 14.7. The third-order valence-electron chi connectivity index (χ3n) is 2.59. The highest BCUT2D eigenvalue weighted by Gasteiger charge is 2.16. The minimum absolute atomic E-state index is 0.135. The molecule has 4 nitrogen and oxygen atoms in total. The molecule has 1 amide bonds. The van der Waals surface area contributed by atoms with Crippen molar-refractivity contribution in [3.8, 4) is 0 Å². The molecule has 0 radical (unpaired) electrons. The van der Waals surface area contributed by atoms with E-state index in [-0.39, 0.29) is 12.5 Å². The van der Waals surface area contributed by atoms with Gasteiger partial charge in [-0.25, -0.2) is 0 Å². The van der Waals surface area contributed by atoms with Crippen LogP contribution in [0.2, 0.25) is 0 Å². The molecule has 0 aliphatic heterocycles. The normalized spacial score (nSPS) is 11.3. The van der Waals surface area contributed by atoms with Gasteiger partial charge < -0.3 is 15.7 Å². The lowest BCUT2D eigenvalue weighted by atomic mass is 10.0. The number of amides is 1. The molecule has 0 fully saturated rings. The predicted octanol–water partition coefficient (Wildman–Crippen LogP) is 0.949. The van der Waals surface area contributed by atoms with E-state index < -0.39 is 5.60 Å². The van der Waals surface area contributed by atoms with Gasteiger partial charge in [0.2, 0.25) is 0 Å². The van der Waals surface area contributed by atoms with Crippen LogP contribution >= 0.6 is 0 Å². The van der Waals surface area contributed by atoms with Crippen LogP contribution in [0, 0.1) is 0 Å². The van der Waals surface area contributed by atoms with E-state index in [9.17, 15) is 9.90 Å².